The highest BCUT2D eigenvalue weighted by atomic mass is 35.5. The number of halogens is 4. The van der Waals surface area contributed by atoms with Crippen molar-refractivity contribution < 1.29 is 18.0 Å². The lowest BCUT2D eigenvalue weighted by molar-refractivity contribution is -0.137. The maximum absolute atomic E-state index is 13.1. The molecule has 5 rings (SSSR count). The summed E-state index contributed by atoms with van der Waals surface area (Å²) in [6.45, 7) is 6.75. The second-order valence-electron chi connectivity index (χ2n) is 9.06. The van der Waals surface area contributed by atoms with E-state index in [-0.39, 0.29) is 23.1 Å². The Morgan fingerprint density at radius 2 is 1.92 bits per heavy atom. The van der Waals surface area contributed by atoms with Gasteiger partial charge in [-0.2, -0.15) is 13.2 Å². The van der Waals surface area contributed by atoms with E-state index in [4.69, 9.17) is 11.6 Å². The molecule has 2 N–H and O–H groups in total. The molecule has 4 heterocycles. The van der Waals surface area contributed by atoms with Crippen molar-refractivity contribution in [2.75, 3.05) is 25.0 Å². The third kappa shape index (κ3) is 5.27. The minimum absolute atomic E-state index is 0.162. The molecular weight excluding hydrogens is 521 g/mol. The van der Waals surface area contributed by atoms with E-state index in [9.17, 15) is 18.0 Å². The lowest BCUT2D eigenvalue weighted by Crippen LogP contribution is -2.47. The third-order valence-corrected chi connectivity index (χ3v) is 6.81. The number of imidazole rings is 1. The molecule has 1 amide bonds. The number of nitrogens with one attached hydrogen (secondary N) is 2. The molecule has 198 valence electrons. The van der Waals surface area contributed by atoms with Crippen LogP contribution in [0.15, 0.2) is 49.2 Å². The molecule has 38 heavy (non-hydrogen) atoms. The Balaban J connectivity index is 1.25. The van der Waals surface area contributed by atoms with Gasteiger partial charge in [0.15, 0.2) is 0 Å². The average Bonchev–Trinajstić information content (AvgIpc) is 3.27. The van der Waals surface area contributed by atoms with Gasteiger partial charge in [-0.3, -0.25) is 14.7 Å². The highest BCUT2D eigenvalue weighted by molar-refractivity contribution is 6.31. The third-order valence-electron chi connectivity index (χ3n) is 6.48. The number of aromatic nitrogens is 5. The van der Waals surface area contributed by atoms with E-state index in [2.05, 4.69) is 47.0 Å². The van der Waals surface area contributed by atoms with Gasteiger partial charge in [0.25, 0.3) is 5.91 Å². The first-order valence-corrected chi connectivity index (χ1v) is 12.3. The summed E-state index contributed by atoms with van der Waals surface area (Å²) in [5, 5.41) is 5.25. The van der Waals surface area contributed by atoms with Crippen LogP contribution in [0, 0.1) is 0 Å². The number of nitrogens with zero attached hydrogens (tertiary/aromatic N) is 6. The monoisotopic (exact) mass is 544 g/mol. The molecular formula is C25H24ClF3N8O. The fourth-order valence-corrected chi connectivity index (χ4v) is 4.49. The first-order valence-electron chi connectivity index (χ1n) is 11.9. The van der Waals surface area contributed by atoms with Crippen LogP contribution in [0.5, 0.6) is 0 Å². The van der Waals surface area contributed by atoms with E-state index < -0.39 is 22.8 Å². The fraction of sp³-hybridized carbons (Fsp3) is 0.320. The van der Waals surface area contributed by atoms with Gasteiger partial charge >= 0.3 is 6.18 Å². The van der Waals surface area contributed by atoms with Gasteiger partial charge in [-0.25, -0.2) is 15.0 Å². The highest BCUT2D eigenvalue weighted by Gasteiger charge is 2.33. The Kier molecular flexibility index (Phi) is 6.93. The topological polar surface area (TPSA) is 101 Å². The van der Waals surface area contributed by atoms with Gasteiger partial charge in [0.2, 0.25) is 0 Å². The van der Waals surface area contributed by atoms with Crippen molar-refractivity contribution in [2.24, 2.45) is 0 Å². The van der Waals surface area contributed by atoms with Gasteiger partial charge in [0, 0.05) is 18.8 Å². The summed E-state index contributed by atoms with van der Waals surface area (Å²) in [7, 11) is 0. The minimum Gasteiger partial charge on any atom is -0.343 e. The summed E-state index contributed by atoms with van der Waals surface area (Å²) < 4.78 is 41.4. The summed E-state index contributed by atoms with van der Waals surface area (Å²) in [6.07, 6.45) is 1.61. The molecule has 4 aromatic rings. The second-order valence-corrected chi connectivity index (χ2v) is 9.46. The molecule has 0 spiro atoms. The molecule has 9 nitrogen and oxygen atoms in total. The van der Waals surface area contributed by atoms with Crippen LogP contribution in [0.2, 0.25) is 5.02 Å². The zero-order chi connectivity index (χ0) is 27.0. The number of likely N-dealkylation sites (N-methyl/N-ethyl adjacent to an activating group) is 1. The molecule has 1 aliphatic rings. The number of hydrogen-bond acceptors (Lipinski definition) is 7. The second kappa shape index (κ2) is 10.2. The molecule has 3 aromatic heterocycles. The van der Waals surface area contributed by atoms with E-state index in [1.54, 1.807) is 25.5 Å². The number of hydrogen-bond donors (Lipinski definition) is 2. The van der Waals surface area contributed by atoms with Gasteiger partial charge in [0.1, 0.15) is 17.0 Å². The van der Waals surface area contributed by atoms with Crippen molar-refractivity contribution >= 4 is 40.0 Å². The molecule has 0 saturated carbocycles. The molecule has 1 saturated heterocycles. The van der Waals surface area contributed by atoms with Crippen LogP contribution < -0.4 is 10.6 Å². The number of anilines is 2. The lowest BCUT2D eigenvalue weighted by Gasteiger charge is -2.39. The quantitative estimate of drug-likeness (QED) is 0.337. The predicted molar refractivity (Wildman–Crippen MR) is 136 cm³/mol. The first kappa shape index (κ1) is 25.9. The van der Waals surface area contributed by atoms with Crippen LogP contribution in [0.1, 0.15) is 47.7 Å². The van der Waals surface area contributed by atoms with Gasteiger partial charge in [-0.1, -0.05) is 18.5 Å². The van der Waals surface area contributed by atoms with Crippen molar-refractivity contribution in [3.05, 3.63) is 71.2 Å². The van der Waals surface area contributed by atoms with Crippen molar-refractivity contribution in [2.45, 2.75) is 32.1 Å². The van der Waals surface area contributed by atoms with E-state index in [1.165, 1.54) is 18.5 Å². The SMILES string of the molecule is CCN1CC(n2cnc3cnc(C(=O)NC(C)c4cnc(Nc5ccc(Cl)c(C(F)(F)F)c5)cn4)cc32)C1. The van der Waals surface area contributed by atoms with Gasteiger partial charge in [-0.05, 0) is 37.7 Å². The maximum Gasteiger partial charge on any atom is 0.417 e. The number of rotatable bonds is 7. The Morgan fingerprint density at radius 1 is 1.13 bits per heavy atom. The van der Waals surface area contributed by atoms with Crippen molar-refractivity contribution in [3.8, 4) is 0 Å². The fourth-order valence-electron chi connectivity index (χ4n) is 4.26. The highest BCUT2D eigenvalue weighted by Crippen LogP contribution is 2.36. The van der Waals surface area contributed by atoms with Gasteiger partial charge < -0.3 is 15.2 Å². The molecule has 1 fully saturated rings. The molecule has 1 aromatic carbocycles. The van der Waals surface area contributed by atoms with E-state index in [0.717, 1.165) is 42.8 Å². The Morgan fingerprint density at radius 3 is 2.61 bits per heavy atom. The molecule has 1 aliphatic heterocycles. The van der Waals surface area contributed by atoms with Crippen molar-refractivity contribution in [3.63, 3.8) is 0 Å². The molecule has 0 bridgehead atoms. The lowest BCUT2D eigenvalue weighted by atomic mass is 10.1. The largest absolute Gasteiger partial charge is 0.417 e. The van der Waals surface area contributed by atoms with Crippen LogP contribution in [-0.4, -0.2) is 54.9 Å². The molecule has 1 atom stereocenters. The Bertz CT molecular complexity index is 1470. The number of carbonyl (C=O) groups excluding carboxylic acids is 1. The number of likely N-dealkylation sites (tertiary alicyclic amines) is 1. The Labute approximate surface area is 221 Å². The van der Waals surface area contributed by atoms with Crippen LogP contribution >= 0.6 is 11.6 Å². The van der Waals surface area contributed by atoms with E-state index in [0.29, 0.717) is 11.7 Å². The zero-order valence-electron chi connectivity index (χ0n) is 20.5. The van der Waals surface area contributed by atoms with Crippen LogP contribution in [0.4, 0.5) is 24.7 Å². The normalized spacial score (nSPS) is 15.3. The summed E-state index contributed by atoms with van der Waals surface area (Å²) in [4.78, 5) is 32.4. The Hall–Kier alpha value is -3.77. The number of benzene rings is 1. The molecule has 1 unspecified atom stereocenters. The smallest absolute Gasteiger partial charge is 0.343 e. The van der Waals surface area contributed by atoms with Crippen molar-refractivity contribution in [1.82, 2.24) is 34.7 Å². The van der Waals surface area contributed by atoms with Crippen LogP contribution in [-0.2, 0) is 6.18 Å². The standard InChI is InChI=1S/C25H24ClF3N8O/c1-3-36-11-16(12-36)37-13-33-21-9-30-19(7-22(21)37)24(38)34-14(2)20-8-32-23(10-31-20)35-15-4-5-18(26)17(6-15)25(27,28)29/h4-10,13-14,16H,3,11-12H2,1-2H3,(H,32,35)(H,34,38). The number of fused-ring (bicyclic) bond motifs is 1. The predicted octanol–water partition coefficient (Wildman–Crippen LogP) is 5.00. The minimum atomic E-state index is -4.58. The van der Waals surface area contributed by atoms with Gasteiger partial charge in [0.05, 0.1) is 58.8 Å². The summed E-state index contributed by atoms with van der Waals surface area (Å²) in [6, 6.07) is 5.03. The van der Waals surface area contributed by atoms with E-state index in [1.807, 2.05) is 0 Å². The summed E-state index contributed by atoms with van der Waals surface area (Å²) >= 11 is 5.67. The maximum atomic E-state index is 13.1. The molecule has 0 radical (unpaired) electrons. The van der Waals surface area contributed by atoms with E-state index >= 15 is 0 Å². The van der Waals surface area contributed by atoms with Gasteiger partial charge in [-0.15, -0.1) is 0 Å². The summed E-state index contributed by atoms with van der Waals surface area (Å²) in [5.41, 5.74) is 1.51. The van der Waals surface area contributed by atoms with Crippen molar-refractivity contribution in [1.29, 1.82) is 0 Å². The summed E-state index contributed by atoms with van der Waals surface area (Å²) in [5.74, 6) is -0.137. The van der Waals surface area contributed by atoms with Crippen LogP contribution in [0.3, 0.4) is 0 Å². The number of pyridine rings is 1. The molecule has 13 heteroatoms. The number of carbonyl (C=O) groups is 1. The number of amides is 1. The van der Waals surface area contributed by atoms with Crippen LogP contribution in [0.25, 0.3) is 11.0 Å². The molecule has 0 aliphatic carbocycles. The average molecular weight is 545 g/mol. The zero-order valence-corrected chi connectivity index (χ0v) is 21.3. The number of alkyl halides is 3. The first-order chi connectivity index (χ1) is 18.1.